The van der Waals surface area contributed by atoms with Crippen molar-refractivity contribution < 1.29 is 9.47 Å². The summed E-state index contributed by atoms with van der Waals surface area (Å²) < 4.78 is 11.8. The number of ether oxygens (including phenoxy) is 2. The molecule has 0 amide bonds. The Balaban J connectivity index is 0.00000261. The number of aliphatic imine (C=N–C) groups is 1. The number of pyridine rings is 1. The summed E-state index contributed by atoms with van der Waals surface area (Å²) >= 11 is 0. The highest BCUT2D eigenvalue weighted by Gasteiger charge is 2.21. The van der Waals surface area contributed by atoms with Gasteiger partial charge in [0.15, 0.2) is 5.96 Å². The molecule has 2 aliphatic rings. The average molecular weight is 488 g/mol. The fourth-order valence-electron chi connectivity index (χ4n) is 3.23. The van der Waals surface area contributed by atoms with E-state index >= 15 is 0 Å². The van der Waals surface area contributed by atoms with E-state index in [1.165, 1.54) is 25.7 Å². The highest BCUT2D eigenvalue weighted by atomic mass is 127. The van der Waals surface area contributed by atoms with Crippen LogP contribution in [0, 0.1) is 5.92 Å². The van der Waals surface area contributed by atoms with Gasteiger partial charge in [-0.1, -0.05) is 6.07 Å². The third-order valence-electron chi connectivity index (χ3n) is 5.06. The van der Waals surface area contributed by atoms with Crippen molar-refractivity contribution in [2.75, 3.05) is 33.9 Å². The topological polar surface area (TPSA) is 59.0 Å². The molecule has 0 bridgehead atoms. The molecule has 0 atom stereocenters. The number of rotatable bonds is 9. The first-order valence-corrected chi connectivity index (χ1v) is 9.86. The molecule has 1 heterocycles. The molecule has 6 nitrogen and oxygen atoms in total. The molecule has 2 fully saturated rings. The van der Waals surface area contributed by atoms with Crippen molar-refractivity contribution in [3.8, 4) is 5.88 Å². The first kappa shape index (κ1) is 22.2. The molecule has 7 heteroatoms. The summed E-state index contributed by atoms with van der Waals surface area (Å²) in [6.45, 7) is 3.11. The Morgan fingerprint density at radius 1 is 1.30 bits per heavy atom. The van der Waals surface area contributed by atoms with Gasteiger partial charge in [0.25, 0.3) is 0 Å². The molecule has 1 aromatic heterocycles. The van der Waals surface area contributed by atoms with Crippen LogP contribution in [0.5, 0.6) is 5.88 Å². The molecule has 0 saturated heterocycles. The summed E-state index contributed by atoms with van der Waals surface area (Å²) in [6, 6.07) is 4.02. The highest BCUT2D eigenvalue weighted by Crippen LogP contribution is 2.28. The Bertz CT molecular complexity index is 589. The van der Waals surface area contributed by atoms with Crippen LogP contribution in [0.2, 0.25) is 0 Å². The van der Waals surface area contributed by atoms with Crippen LogP contribution in [0.1, 0.15) is 44.1 Å². The van der Waals surface area contributed by atoms with Crippen LogP contribution in [0.4, 0.5) is 0 Å². The normalized spacial score (nSPS) is 17.5. The minimum absolute atomic E-state index is 0. The summed E-state index contributed by atoms with van der Waals surface area (Å²) in [7, 11) is 3.85. The predicted molar refractivity (Wildman–Crippen MR) is 119 cm³/mol. The molecule has 0 aliphatic heterocycles. The lowest BCUT2D eigenvalue weighted by atomic mass is 10.2. The van der Waals surface area contributed by atoms with Crippen LogP contribution in [0.25, 0.3) is 0 Å². The number of halogens is 1. The number of aromatic nitrogens is 1. The van der Waals surface area contributed by atoms with Gasteiger partial charge in [0.2, 0.25) is 5.88 Å². The summed E-state index contributed by atoms with van der Waals surface area (Å²) in [5, 5.41) is 3.41. The molecule has 0 spiro atoms. The van der Waals surface area contributed by atoms with Gasteiger partial charge in [0.05, 0.1) is 6.61 Å². The fourth-order valence-corrected chi connectivity index (χ4v) is 3.23. The maximum atomic E-state index is 6.12. The Labute approximate surface area is 180 Å². The lowest BCUT2D eigenvalue weighted by molar-refractivity contribution is 0.115. The van der Waals surface area contributed by atoms with E-state index in [-0.39, 0.29) is 24.0 Å². The summed E-state index contributed by atoms with van der Waals surface area (Å²) in [6.07, 6.45) is 9.55. The second-order valence-corrected chi connectivity index (χ2v) is 7.33. The summed E-state index contributed by atoms with van der Waals surface area (Å²) in [4.78, 5) is 10.9. The zero-order valence-electron chi connectivity index (χ0n) is 16.5. The van der Waals surface area contributed by atoms with Crippen molar-refractivity contribution in [1.29, 1.82) is 0 Å². The highest BCUT2D eigenvalue weighted by molar-refractivity contribution is 14.0. The zero-order valence-corrected chi connectivity index (χ0v) is 18.9. The molecule has 2 saturated carbocycles. The smallest absolute Gasteiger partial charge is 0.218 e. The van der Waals surface area contributed by atoms with Crippen molar-refractivity contribution >= 4 is 29.9 Å². The quantitative estimate of drug-likeness (QED) is 0.250. The van der Waals surface area contributed by atoms with Crippen molar-refractivity contribution in [3.63, 3.8) is 0 Å². The maximum absolute atomic E-state index is 6.12. The van der Waals surface area contributed by atoms with Gasteiger partial charge in [-0.25, -0.2) is 4.98 Å². The van der Waals surface area contributed by atoms with Crippen molar-refractivity contribution in [1.82, 2.24) is 15.2 Å². The lowest BCUT2D eigenvalue weighted by Crippen LogP contribution is -2.40. The third kappa shape index (κ3) is 7.44. The number of hydrogen-bond acceptors (Lipinski definition) is 4. The minimum atomic E-state index is 0. The number of guanidine groups is 1. The first-order chi connectivity index (χ1) is 12.8. The summed E-state index contributed by atoms with van der Waals surface area (Å²) in [5.41, 5.74) is 1.07. The molecule has 1 N–H and O–H groups in total. The number of likely N-dealkylation sites (N-methyl/N-ethyl adjacent to an activating group) is 1. The number of nitrogens with one attached hydrogen (secondary N) is 1. The lowest BCUT2D eigenvalue weighted by Gasteiger charge is -2.22. The second kappa shape index (κ2) is 11.7. The van der Waals surface area contributed by atoms with Gasteiger partial charge >= 0.3 is 0 Å². The van der Waals surface area contributed by atoms with E-state index in [1.54, 1.807) is 6.20 Å². The first-order valence-electron chi connectivity index (χ1n) is 9.86. The second-order valence-electron chi connectivity index (χ2n) is 7.33. The molecular weight excluding hydrogens is 455 g/mol. The number of nitrogens with zero attached hydrogens (tertiary/aromatic N) is 3. The van der Waals surface area contributed by atoms with Gasteiger partial charge in [0, 0.05) is 45.6 Å². The van der Waals surface area contributed by atoms with Gasteiger partial charge in [-0.2, -0.15) is 0 Å². The summed E-state index contributed by atoms with van der Waals surface area (Å²) in [5.74, 6) is 2.41. The average Bonchev–Trinajstić information content (AvgIpc) is 3.34. The standard InChI is InChI=1S/C20H32N4O2.HI/c1-21-20(24(2)12-13-25-15-16-9-10-16)23-14-17-6-5-11-22-19(17)26-18-7-3-4-8-18;/h5-6,11,16,18H,3-4,7-10,12-15H2,1-2H3,(H,21,23);1H. The molecule has 0 unspecified atom stereocenters. The van der Waals surface area contributed by atoms with E-state index in [9.17, 15) is 0 Å². The largest absolute Gasteiger partial charge is 0.474 e. The molecule has 0 radical (unpaired) electrons. The molecule has 27 heavy (non-hydrogen) atoms. The molecule has 152 valence electrons. The third-order valence-corrected chi connectivity index (χ3v) is 5.06. The molecule has 1 aromatic rings. The van der Waals surface area contributed by atoms with Gasteiger partial charge < -0.3 is 19.7 Å². The van der Waals surface area contributed by atoms with Crippen molar-refractivity contribution in [2.24, 2.45) is 10.9 Å². The molecular formula is C20H33IN4O2. The SMILES string of the molecule is CN=C(NCc1cccnc1OC1CCCC1)N(C)CCOCC1CC1.I. The Morgan fingerprint density at radius 3 is 2.78 bits per heavy atom. The molecule has 0 aromatic carbocycles. The predicted octanol–water partition coefficient (Wildman–Crippen LogP) is 3.45. The van der Waals surface area contributed by atoms with Gasteiger partial charge in [-0.15, -0.1) is 24.0 Å². The van der Waals surface area contributed by atoms with Gasteiger partial charge in [-0.3, -0.25) is 4.99 Å². The number of hydrogen-bond donors (Lipinski definition) is 1. The van der Waals surface area contributed by atoms with E-state index in [0.29, 0.717) is 12.6 Å². The fraction of sp³-hybridized carbons (Fsp3) is 0.700. The van der Waals surface area contributed by atoms with E-state index < -0.39 is 0 Å². The van der Waals surface area contributed by atoms with E-state index in [4.69, 9.17) is 9.47 Å². The van der Waals surface area contributed by atoms with Gasteiger partial charge in [-0.05, 0) is 50.5 Å². The molecule has 2 aliphatic carbocycles. The van der Waals surface area contributed by atoms with Crippen LogP contribution in [0.3, 0.4) is 0 Å². The Morgan fingerprint density at radius 2 is 2.07 bits per heavy atom. The van der Waals surface area contributed by atoms with Crippen molar-refractivity contribution in [3.05, 3.63) is 23.9 Å². The van der Waals surface area contributed by atoms with E-state index in [0.717, 1.165) is 55.9 Å². The van der Waals surface area contributed by atoms with Crippen LogP contribution in [0.15, 0.2) is 23.3 Å². The van der Waals surface area contributed by atoms with Crippen LogP contribution >= 0.6 is 24.0 Å². The monoisotopic (exact) mass is 488 g/mol. The minimum Gasteiger partial charge on any atom is -0.474 e. The van der Waals surface area contributed by atoms with Crippen LogP contribution in [-0.2, 0) is 11.3 Å². The van der Waals surface area contributed by atoms with Crippen molar-refractivity contribution in [2.45, 2.75) is 51.2 Å². The van der Waals surface area contributed by atoms with E-state index in [1.807, 2.05) is 20.2 Å². The Hall–Kier alpha value is -1.09. The Kier molecular flexibility index (Phi) is 9.61. The van der Waals surface area contributed by atoms with Crippen LogP contribution in [-0.4, -0.2) is 55.8 Å². The van der Waals surface area contributed by atoms with Gasteiger partial charge in [0.1, 0.15) is 6.10 Å². The zero-order chi connectivity index (χ0) is 18.2. The maximum Gasteiger partial charge on any atom is 0.218 e. The van der Waals surface area contributed by atoms with Crippen LogP contribution < -0.4 is 10.1 Å². The van der Waals surface area contributed by atoms with E-state index in [2.05, 4.69) is 26.3 Å². The molecule has 3 rings (SSSR count).